The van der Waals surface area contributed by atoms with E-state index in [2.05, 4.69) is 37.3 Å². The Hall–Kier alpha value is -3.82. The smallest absolute Gasteiger partial charge is 0.435 e. The Morgan fingerprint density at radius 1 is 1.24 bits per heavy atom. The van der Waals surface area contributed by atoms with Crippen LogP contribution in [0.1, 0.15) is 20.8 Å². The molecule has 0 aromatic carbocycles. The van der Waals surface area contributed by atoms with Crippen molar-refractivity contribution < 1.29 is 14.3 Å². The van der Waals surface area contributed by atoms with Gasteiger partial charge in [0.15, 0.2) is 5.65 Å². The number of fused-ring (bicyclic) bond motifs is 1. The van der Waals surface area contributed by atoms with Gasteiger partial charge in [-0.25, -0.2) is 19.6 Å². The van der Waals surface area contributed by atoms with E-state index in [-0.39, 0.29) is 0 Å². The Kier molecular flexibility index (Phi) is 5.53. The number of urea groups is 1. The molecule has 0 aliphatic rings. The molecule has 10 heteroatoms. The summed E-state index contributed by atoms with van der Waals surface area (Å²) < 4.78 is 6.38. The Labute approximate surface area is 167 Å². The number of rotatable bonds is 4. The molecule has 150 valence electrons. The van der Waals surface area contributed by atoms with Gasteiger partial charge < -0.3 is 10.1 Å². The number of hydrogen-bond donors (Lipinski definition) is 2. The van der Waals surface area contributed by atoms with Crippen molar-refractivity contribution in [3.63, 3.8) is 0 Å². The molecular formula is C19H21N7O3. The molecule has 29 heavy (non-hydrogen) atoms. The number of carbonyl (C=O) groups is 2. The van der Waals surface area contributed by atoms with Crippen LogP contribution in [0.5, 0.6) is 0 Å². The molecule has 2 amide bonds. The molecule has 2 N–H and O–H groups in total. The second-order valence-corrected chi connectivity index (χ2v) is 7.07. The third-order valence-electron chi connectivity index (χ3n) is 3.51. The van der Waals surface area contributed by atoms with E-state index < -0.39 is 17.7 Å². The van der Waals surface area contributed by atoms with Crippen LogP contribution in [0.2, 0.25) is 0 Å². The lowest BCUT2D eigenvalue weighted by molar-refractivity contribution is 0.0514. The summed E-state index contributed by atoms with van der Waals surface area (Å²) in [6, 6.07) is 2.93. The Balaban J connectivity index is 1.82. The van der Waals surface area contributed by atoms with Crippen LogP contribution in [-0.2, 0) is 4.74 Å². The molecule has 0 saturated carbocycles. The number of carbonyl (C=O) groups excluding carboxylic acids is 2. The SMILES string of the molecule is C=CCNC(=O)Nc1ccc2ncc(-c3cnn(C(=O)OC(C)(C)C)c3)nc2n1. The molecule has 0 bridgehead atoms. The highest BCUT2D eigenvalue weighted by Gasteiger charge is 2.19. The highest BCUT2D eigenvalue weighted by Crippen LogP contribution is 2.19. The van der Waals surface area contributed by atoms with Crippen LogP contribution < -0.4 is 10.6 Å². The lowest BCUT2D eigenvalue weighted by atomic mass is 10.2. The van der Waals surface area contributed by atoms with Crippen molar-refractivity contribution in [2.75, 3.05) is 11.9 Å². The Morgan fingerprint density at radius 3 is 2.76 bits per heavy atom. The molecule has 3 aromatic heterocycles. The minimum Gasteiger partial charge on any atom is -0.442 e. The number of anilines is 1. The van der Waals surface area contributed by atoms with Crippen LogP contribution in [0.3, 0.4) is 0 Å². The van der Waals surface area contributed by atoms with E-state index in [9.17, 15) is 9.59 Å². The van der Waals surface area contributed by atoms with Gasteiger partial charge in [-0.2, -0.15) is 9.78 Å². The first-order chi connectivity index (χ1) is 13.7. The zero-order valence-electron chi connectivity index (χ0n) is 16.3. The maximum Gasteiger partial charge on any atom is 0.435 e. The molecule has 0 atom stereocenters. The van der Waals surface area contributed by atoms with Gasteiger partial charge in [-0.3, -0.25) is 10.3 Å². The molecule has 0 aliphatic carbocycles. The van der Waals surface area contributed by atoms with Gasteiger partial charge in [0.2, 0.25) is 0 Å². The molecule has 10 nitrogen and oxygen atoms in total. The zero-order valence-corrected chi connectivity index (χ0v) is 16.3. The summed E-state index contributed by atoms with van der Waals surface area (Å²) in [6.07, 6.45) is 5.54. The first-order valence-electron chi connectivity index (χ1n) is 8.83. The van der Waals surface area contributed by atoms with Crippen LogP contribution in [0.15, 0.2) is 43.4 Å². The second kappa shape index (κ2) is 8.05. The van der Waals surface area contributed by atoms with E-state index in [1.807, 2.05) is 0 Å². The van der Waals surface area contributed by atoms with E-state index in [1.165, 1.54) is 12.4 Å². The first kappa shape index (κ1) is 19.9. The maximum absolute atomic E-state index is 12.1. The largest absolute Gasteiger partial charge is 0.442 e. The molecule has 0 fully saturated rings. The van der Waals surface area contributed by atoms with Crippen molar-refractivity contribution in [2.24, 2.45) is 0 Å². The summed E-state index contributed by atoms with van der Waals surface area (Å²) in [5, 5.41) is 9.23. The summed E-state index contributed by atoms with van der Waals surface area (Å²) in [7, 11) is 0. The third kappa shape index (κ3) is 5.12. The maximum atomic E-state index is 12.1. The Morgan fingerprint density at radius 2 is 2.03 bits per heavy atom. The summed E-state index contributed by atoms with van der Waals surface area (Å²) in [5.41, 5.74) is 1.33. The van der Waals surface area contributed by atoms with Gasteiger partial charge in [0.1, 0.15) is 16.9 Å². The van der Waals surface area contributed by atoms with Crippen LogP contribution in [0, 0.1) is 0 Å². The van der Waals surface area contributed by atoms with Gasteiger partial charge >= 0.3 is 12.1 Å². The van der Waals surface area contributed by atoms with Gasteiger partial charge in [-0.15, -0.1) is 6.58 Å². The summed E-state index contributed by atoms with van der Waals surface area (Å²) >= 11 is 0. The predicted octanol–water partition coefficient (Wildman–Crippen LogP) is 2.98. The molecule has 3 heterocycles. The average Bonchev–Trinajstić information content (AvgIpc) is 3.15. The van der Waals surface area contributed by atoms with Gasteiger partial charge in [0.05, 0.1) is 18.1 Å². The van der Waals surface area contributed by atoms with Crippen molar-refractivity contribution in [2.45, 2.75) is 26.4 Å². The van der Waals surface area contributed by atoms with Gasteiger partial charge in [-0.05, 0) is 32.9 Å². The number of amides is 2. The zero-order chi connectivity index (χ0) is 21.0. The fraction of sp³-hybridized carbons (Fsp3) is 0.263. The van der Waals surface area contributed by atoms with Crippen LogP contribution in [0.4, 0.5) is 15.4 Å². The number of pyridine rings is 1. The molecular weight excluding hydrogens is 374 g/mol. The fourth-order valence-corrected chi connectivity index (χ4v) is 2.30. The molecule has 0 spiro atoms. The molecule has 0 unspecified atom stereocenters. The van der Waals surface area contributed by atoms with Crippen molar-refractivity contribution >= 4 is 29.1 Å². The lowest BCUT2D eigenvalue weighted by Gasteiger charge is -2.18. The van der Waals surface area contributed by atoms with E-state index >= 15 is 0 Å². The van der Waals surface area contributed by atoms with E-state index in [0.717, 1.165) is 4.68 Å². The molecule has 0 saturated heterocycles. The predicted molar refractivity (Wildman–Crippen MR) is 107 cm³/mol. The summed E-state index contributed by atoms with van der Waals surface area (Å²) in [6.45, 7) is 9.21. The quantitative estimate of drug-likeness (QED) is 0.651. The van der Waals surface area contributed by atoms with E-state index in [1.54, 1.807) is 45.2 Å². The summed E-state index contributed by atoms with van der Waals surface area (Å²) in [5.74, 6) is 0.329. The van der Waals surface area contributed by atoms with Crippen LogP contribution >= 0.6 is 0 Å². The average molecular weight is 395 g/mol. The first-order valence-corrected chi connectivity index (χ1v) is 8.83. The minimum absolute atomic E-state index is 0.329. The third-order valence-corrected chi connectivity index (χ3v) is 3.51. The number of nitrogens with zero attached hydrogens (tertiary/aromatic N) is 5. The topological polar surface area (TPSA) is 124 Å². The van der Waals surface area contributed by atoms with Crippen molar-refractivity contribution in [1.82, 2.24) is 30.0 Å². The normalized spacial score (nSPS) is 11.1. The van der Waals surface area contributed by atoms with Crippen molar-refractivity contribution in [3.05, 3.63) is 43.4 Å². The highest BCUT2D eigenvalue weighted by molar-refractivity contribution is 5.89. The van der Waals surface area contributed by atoms with E-state index in [4.69, 9.17) is 4.74 Å². The minimum atomic E-state index is -0.628. The number of aromatic nitrogens is 5. The van der Waals surface area contributed by atoms with Crippen LogP contribution in [-0.4, -0.2) is 49.0 Å². The number of ether oxygens (including phenoxy) is 1. The molecule has 3 rings (SSSR count). The van der Waals surface area contributed by atoms with Gasteiger partial charge in [0, 0.05) is 18.3 Å². The van der Waals surface area contributed by atoms with Crippen LogP contribution in [0.25, 0.3) is 22.4 Å². The molecule has 0 radical (unpaired) electrons. The number of nitrogens with one attached hydrogen (secondary N) is 2. The molecule has 3 aromatic rings. The van der Waals surface area contributed by atoms with Crippen molar-refractivity contribution in [3.8, 4) is 11.3 Å². The van der Waals surface area contributed by atoms with E-state index in [0.29, 0.717) is 34.8 Å². The standard InChI is InChI=1S/C19H21N7O3/c1-5-8-20-17(27)25-15-7-6-13-16(24-15)23-14(10-21-13)12-9-22-26(11-12)18(28)29-19(2,3)4/h5-7,9-11H,1,8H2,2-4H3,(H2,20,23,24,25,27). The summed E-state index contributed by atoms with van der Waals surface area (Å²) in [4.78, 5) is 37.0. The fourth-order valence-electron chi connectivity index (χ4n) is 2.30. The second-order valence-electron chi connectivity index (χ2n) is 7.07. The number of hydrogen-bond acceptors (Lipinski definition) is 7. The molecule has 0 aliphatic heterocycles. The van der Waals surface area contributed by atoms with Gasteiger partial charge in [-0.1, -0.05) is 6.08 Å². The van der Waals surface area contributed by atoms with Crippen molar-refractivity contribution in [1.29, 1.82) is 0 Å². The highest BCUT2D eigenvalue weighted by atomic mass is 16.6. The van der Waals surface area contributed by atoms with Gasteiger partial charge in [0.25, 0.3) is 0 Å². The monoisotopic (exact) mass is 395 g/mol. The lowest BCUT2D eigenvalue weighted by Crippen LogP contribution is -2.28. The Bertz CT molecular complexity index is 1070.